The van der Waals surface area contributed by atoms with E-state index in [9.17, 15) is 19.2 Å². The van der Waals surface area contributed by atoms with Crippen molar-refractivity contribution < 1.29 is 19.2 Å². The van der Waals surface area contributed by atoms with E-state index in [2.05, 4.69) is 50.3 Å². The Morgan fingerprint density at radius 1 is 1.04 bits per heavy atom. The number of fused-ring (bicyclic) bond motifs is 2. The number of aromatic amines is 1. The van der Waals surface area contributed by atoms with Crippen molar-refractivity contribution in [1.29, 1.82) is 0 Å². The number of aromatic nitrogens is 5. The largest absolute Gasteiger partial charge is 0.361 e. The van der Waals surface area contributed by atoms with E-state index in [1.54, 1.807) is 29.2 Å². The zero-order valence-corrected chi connectivity index (χ0v) is 26.8. The Morgan fingerprint density at radius 2 is 1.83 bits per heavy atom. The van der Waals surface area contributed by atoms with Gasteiger partial charge in [-0.15, -0.1) is 5.10 Å². The van der Waals surface area contributed by atoms with E-state index < -0.39 is 18.1 Å². The van der Waals surface area contributed by atoms with Gasteiger partial charge in [-0.2, -0.15) is 0 Å². The van der Waals surface area contributed by atoms with Gasteiger partial charge in [-0.05, 0) is 77.4 Å². The van der Waals surface area contributed by atoms with Gasteiger partial charge in [0.15, 0.2) is 0 Å². The van der Waals surface area contributed by atoms with Crippen LogP contribution in [0.4, 0.5) is 0 Å². The summed E-state index contributed by atoms with van der Waals surface area (Å²) < 4.78 is 1.49. The number of carbonyl (C=O) groups excluding carboxylic acids is 4. The standard InChI is InChI=1S/C34H41N9O4/c1-20(2)27-13-8-21(3)14-31(44)38-29(15-23-17-35-28-7-5-4-6-26(23)28)34(47)42-18-24(16-30(42)33(46)39-27)37-32(45)22-9-11-25(12-10-22)43-19-36-40-41-43/h4-7,9-12,17,19-21,24,27,29-30,35H,8,13-16,18H2,1-3H3,(H,37,45)(H,38,44)(H,39,46)/t21-,24-,27+,29-,30+/m1/s1. The lowest BCUT2D eigenvalue weighted by molar-refractivity contribution is -0.141. The molecule has 0 aliphatic carbocycles. The summed E-state index contributed by atoms with van der Waals surface area (Å²) in [5.74, 6) is -0.862. The van der Waals surface area contributed by atoms with Crippen molar-refractivity contribution in [2.45, 2.75) is 77.0 Å². The first-order valence-electron chi connectivity index (χ1n) is 16.3. The number of amides is 4. The number of H-pyrrole nitrogens is 1. The molecule has 2 aliphatic rings. The summed E-state index contributed by atoms with van der Waals surface area (Å²) in [5, 5.41) is 21.4. The molecule has 0 unspecified atom stereocenters. The Labute approximate surface area is 272 Å². The minimum Gasteiger partial charge on any atom is -0.361 e. The topological polar surface area (TPSA) is 167 Å². The van der Waals surface area contributed by atoms with Gasteiger partial charge in [-0.1, -0.05) is 39.0 Å². The minimum atomic E-state index is -0.890. The normalized spacial score (nSPS) is 24.2. The van der Waals surface area contributed by atoms with Crippen molar-refractivity contribution in [3.05, 3.63) is 72.2 Å². The first-order valence-corrected chi connectivity index (χ1v) is 16.3. The van der Waals surface area contributed by atoms with Crippen LogP contribution >= 0.6 is 0 Å². The van der Waals surface area contributed by atoms with Gasteiger partial charge in [0.05, 0.1) is 5.69 Å². The van der Waals surface area contributed by atoms with Gasteiger partial charge in [0, 0.05) is 54.1 Å². The number of nitrogens with one attached hydrogen (secondary N) is 4. The highest BCUT2D eigenvalue weighted by molar-refractivity contribution is 5.96. The monoisotopic (exact) mass is 639 g/mol. The molecule has 2 fully saturated rings. The Hall–Kier alpha value is -5.07. The van der Waals surface area contributed by atoms with Gasteiger partial charge in [0.2, 0.25) is 17.7 Å². The van der Waals surface area contributed by atoms with E-state index in [0.29, 0.717) is 11.3 Å². The fourth-order valence-electron chi connectivity index (χ4n) is 6.65. The average molecular weight is 640 g/mol. The van der Waals surface area contributed by atoms with Crippen LogP contribution in [0.25, 0.3) is 16.6 Å². The van der Waals surface area contributed by atoms with Crippen LogP contribution < -0.4 is 16.0 Å². The van der Waals surface area contributed by atoms with Gasteiger partial charge in [-0.3, -0.25) is 19.2 Å². The van der Waals surface area contributed by atoms with Crippen molar-refractivity contribution in [3.63, 3.8) is 0 Å². The Balaban J connectivity index is 1.26. The summed E-state index contributed by atoms with van der Waals surface area (Å²) in [6.07, 6.45) is 5.60. The minimum absolute atomic E-state index is 0.0825. The molecule has 0 spiro atoms. The zero-order valence-electron chi connectivity index (χ0n) is 26.8. The highest BCUT2D eigenvalue weighted by atomic mass is 16.2. The second-order valence-corrected chi connectivity index (χ2v) is 13.1. The summed E-state index contributed by atoms with van der Waals surface area (Å²) >= 11 is 0. The smallest absolute Gasteiger partial charge is 0.251 e. The van der Waals surface area contributed by atoms with Gasteiger partial charge in [0.1, 0.15) is 18.4 Å². The lowest BCUT2D eigenvalue weighted by Gasteiger charge is -2.30. The highest BCUT2D eigenvalue weighted by Crippen LogP contribution is 2.26. The number of carbonyl (C=O) groups is 4. The molecule has 6 rings (SSSR count). The quantitative estimate of drug-likeness (QED) is 0.252. The molecule has 2 saturated heterocycles. The summed E-state index contributed by atoms with van der Waals surface area (Å²) in [6, 6.07) is 12.4. The van der Waals surface area contributed by atoms with Crippen molar-refractivity contribution in [3.8, 4) is 5.69 Å². The molecule has 0 radical (unpaired) electrons. The molecule has 4 aromatic rings. The van der Waals surface area contributed by atoms with Gasteiger partial charge >= 0.3 is 0 Å². The SMILES string of the molecule is CC(C)[C@@H]1CC[C@@H](C)CC(=O)N[C@H](Cc2c[nH]c3ccccc23)C(=O)N2C[C@H](NC(=O)c3ccc(-n4cnnn4)cc3)C[C@H]2C(=O)N1. The third-order valence-corrected chi connectivity index (χ3v) is 9.33. The van der Waals surface area contributed by atoms with Gasteiger partial charge < -0.3 is 25.8 Å². The second-order valence-electron chi connectivity index (χ2n) is 13.1. The Morgan fingerprint density at radius 3 is 2.57 bits per heavy atom. The molecule has 13 heteroatoms. The van der Waals surface area contributed by atoms with Gasteiger partial charge in [0.25, 0.3) is 5.91 Å². The molecule has 2 aromatic carbocycles. The number of tetrazole rings is 1. The molecule has 4 N–H and O–H groups in total. The summed E-state index contributed by atoms with van der Waals surface area (Å²) in [4.78, 5) is 59.8. The average Bonchev–Trinajstić information content (AvgIpc) is 3.83. The maximum atomic E-state index is 14.4. The summed E-state index contributed by atoms with van der Waals surface area (Å²) in [5.41, 5.74) is 2.96. The van der Waals surface area contributed by atoms with Crippen LogP contribution in [0, 0.1) is 11.8 Å². The summed E-state index contributed by atoms with van der Waals surface area (Å²) in [6.45, 7) is 6.28. The molecular formula is C34H41N9O4. The molecular weight excluding hydrogens is 598 g/mol. The van der Waals surface area contributed by atoms with Crippen LogP contribution in [-0.2, 0) is 20.8 Å². The molecule has 0 bridgehead atoms. The van der Waals surface area contributed by atoms with Crippen molar-refractivity contribution in [2.24, 2.45) is 11.8 Å². The van der Waals surface area contributed by atoms with E-state index in [1.165, 1.54) is 11.0 Å². The fourth-order valence-corrected chi connectivity index (χ4v) is 6.65. The highest BCUT2D eigenvalue weighted by Gasteiger charge is 2.43. The van der Waals surface area contributed by atoms with Crippen molar-refractivity contribution in [1.82, 2.24) is 46.0 Å². The van der Waals surface area contributed by atoms with Crippen LogP contribution in [0.3, 0.4) is 0 Å². The molecule has 0 saturated carbocycles. The molecule has 2 aromatic heterocycles. The lowest BCUT2D eigenvalue weighted by atomic mass is 9.92. The van der Waals surface area contributed by atoms with Crippen LogP contribution in [0.5, 0.6) is 0 Å². The van der Waals surface area contributed by atoms with E-state index in [-0.39, 0.29) is 67.3 Å². The van der Waals surface area contributed by atoms with Crippen LogP contribution in [0.15, 0.2) is 61.1 Å². The molecule has 4 heterocycles. The predicted octanol–water partition coefficient (Wildman–Crippen LogP) is 2.53. The number of benzene rings is 2. The maximum absolute atomic E-state index is 14.4. The number of para-hydroxylation sites is 1. The van der Waals surface area contributed by atoms with Crippen molar-refractivity contribution in [2.75, 3.05) is 6.54 Å². The van der Waals surface area contributed by atoms with Crippen LogP contribution in [-0.4, -0.2) is 84.4 Å². The summed E-state index contributed by atoms with van der Waals surface area (Å²) in [7, 11) is 0. The first kappa shape index (κ1) is 31.9. The molecule has 4 amide bonds. The first-order chi connectivity index (χ1) is 22.7. The van der Waals surface area contributed by atoms with E-state index >= 15 is 0 Å². The van der Waals surface area contributed by atoms with Gasteiger partial charge in [-0.25, -0.2) is 4.68 Å². The van der Waals surface area contributed by atoms with E-state index in [4.69, 9.17) is 0 Å². The molecule has 13 nitrogen and oxygen atoms in total. The number of hydrogen-bond donors (Lipinski definition) is 4. The number of hydrogen-bond acceptors (Lipinski definition) is 7. The number of rotatable bonds is 6. The second kappa shape index (κ2) is 13.7. The van der Waals surface area contributed by atoms with E-state index in [1.807, 2.05) is 37.4 Å². The van der Waals surface area contributed by atoms with E-state index in [0.717, 1.165) is 29.3 Å². The fraction of sp³-hybridized carbons (Fsp3) is 0.441. The maximum Gasteiger partial charge on any atom is 0.251 e. The van der Waals surface area contributed by atoms with Crippen molar-refractivity contribution >= 4 is 34.5 Å². The Kier molecular flexibility index (Phi) is 9.32. The van der Waals surface area contributed by atoms with Crippen LogP contribution in [0.2, 0.25) is 0 Å². The third-order valence-electron chi connectivity index (χ3n) is 9.33. The Bertz CT molecular complexity index is 1730. The number of nitrogens with zero attached hydrogens (tertiary/aromatic N) is 5. The molecule has 5 atom stereocenters. The third kappa shape index (κ3) is 7.18. The molecule has 47 heavy (non-hydrogen) atoms. The molecule has 2 aliphatic heterocycles. The zero-order chi connectivity index (χ0) is 33.1. The lowest BCUT2D eigenvalue weighted by Crippen LogP contribution is -2.55. The predicted molar refractivity (Wildman–Crippen MR) is 174 cm³/mol. The molecule has 246 valence electrons. The van der Waals surface area contributed by atoms with Crippen LogP contribution in [0.1, 0.15) is 62.4 Å².